The fourth-order valence-electron chi connectivity index (χ4n) is 3.05. The van der Waals surface area contributed by atoms with Crippen molar-refractivity contribution in [1.82, 2.24) is 9.80 Å². The van der Waals surface area contributed by atoms with Gasteiger partial charge in [-0.3, -0.25) is 9.69 Å². The zero-order chi connectivity index (χ0) is 15.0. The number of amides is 1. The fourth-order valence-corrected chi connectivity index (χ4v) is 3.37. The molecule has 2 aliphatic heterocycles. The van der Waals surface area contributed by atoms with E-state index in [2.05, 4.69) is 4.90 Å². The van der Waals surface area contributed by atoms with E-state index in [1.165, 1.54) is 0 Å². The van der Waals surface area contributed by atoms with E-state index in [1.54, 1.807) is 4.90 Å². The monoisotopic (exact) mass is 328 g/mol. The zero-order valence-electron chi connectivity index (χ0n) is 11.9. The summed E-state index contributed by atoms with van der Waals surface area (Å²) in [5.74, 6) is 0.0768. The number of ether oxygens (including phenoxy) is 1. The van der Waals surface area contributed by atoms with E-state index in [-0.39, 0.29) is 18.2 Å². The van der Waals surface area contributed by atoms with Crippen molar-refractivity contribution in [2.75, 3.05) is 26.7 Å². The molecule has 6 heteroatoms. The Morgan fingerprint density at radius 3 is 2.52 bits per heavy atom. The average molecular weight is 329 g/mol. The maximum Gasteiger partial charge on any atom is 0.250 e. The van der Waals surface area contributed by atoms with Crippen LogP contribution in [0.3, 0.4) is 0 Å². The molecule has 1 aromatic carbocycles. The van der Waals surface area contributed by atoms with Crippen molar-refractivity contribution in [2.24, 2.45) is 0 Å². The van der Waals surface area contributed by atoms with E-state index in [9.17, 15) is 4.79 Å². The summed E-state index contributed by atoms with van der Waals surface area (Å²) in [7, 11) is 1.84. The summed E-state index contributed by atoms with van der Waals surface area (Å²) in [4.78, 5) is 15.8. The quantitative estimate of drug-likeness (QED) is 0.836. The Kier molecular flexibility index (Phi) is 4.14. The second-order valence-electron chi connectivity index (χ2n) is 5.71. The predicted octanol–water partition coefficient (Wildman–Crippen LogP) is 2.77. The molecule has 0 atom stereocenters. The lowest BCUT2D eigenvalue weighted by molar-refractivity contribution is -0.136. The van der Waals surface area contributed by atoms with Gasteiger partial charge in [0.15, 0.2) is 0 Å². The topological polar surface area (TPSA) is 32.8 Å². The van der Waals surface area contributed by atoms with Gasteiger partial charge in [-0.2, -0.15) is 0 Å². The lowest BCUT2D eigenvalue weighted by atomic mass is 9.99. The van der Waals surface area contributed by atoms with Crippen molar-refractivity contribution >= 4 is 29.1 Å². The summed E-state index contributed by atoms with van der Waals surface area (Å²) in [6, 6.07) is 5.74. The first-order valence-electron chi connectivity index (χ1n) is 7.07. The Hall–Kier alpha value is -0.810. The molecule has 0 saturated carbocycles. The van der Waals surface area contributed by atoms with Gasteiger partial charge in [-0.05, 0) is 17.7 Å². The first-order valence-corrected chi connectivity index (χ1v) is 7.83. The van der Waals surface area contributed by atoms with Crippen LogP contribution in [0.4, 0.5) is 0 Å². The lowest BCUT2D eigenvalue weighted by Crippen LogP contribution is -2.52. The highest BCUT2D eigenvalue weighted by Crippen LogP contribution is 2.34. The molecule has 0 aliphatic carbocycles. The molecule has 2 fully saturated rings. The molecular formula is C15H18Cl2N2O2. The van der Waals surface area contributed by atoms with E-state index in [1.807, 2.05) is 25.2 Å². The molecule has 0 radical (unpaired) electrons. The van der Waals surface area contributed by atoms with Gasteiger partial charge in [0.2, 0.25) is 0 Å². The molecule has 1 spiro atoms. The van der Waals surface area contributed by atoms with E-state index >= 15 is 0 Å². The van der Waals surface area contributed by atoms with Crippen molar-refractivity contribution in [2.45, 2.75) is 25.1 Å². The van der Waals surface area contributed by atoms with Gasteiger partial charge in [-0.15, -0.1) is 0 Å². The molecule has 2 aliphatic rings. The summed E-state index contributed by atoms with van der Waals surface area (Å²) >= 11 is 12.0. The van der Waals surface area contributed by atoms with Crippen molar-refractivity contribution in [3.63, 3.8) is 0 Å². The van der Waals surface area contributed by atoms with Gasteiger partial charge >= 0.3 is 0 Å². The van der Waals surface area contributed by atoms with Crippen LogP contribution in [0.5, 0.6) is 0 Å². The molecule has 2 heterocycles. The minimum atomic E-state index is -0.384. The Morgan fingerprint density at radius 2 is 1.95 bits per heavy atom. The van der Waals surface area contributed by atoms with Crippen LogP contribution in [0, 0.1) is 0 Å². The SMILES string of the molecule is CN1C(=O)COC12CCN(Cc1ccc(Cl)c(Cl)c1)CC2. The molecule has 0 N–H and O–H groups in total. The van der Waals surface area contributed by atoms with Crippen molar-refractivity contribution < 1.29 is 9.53 Å². The van der Waals surface area contributed by atoms with Crippen LogP contribution < -0.4 is 0 Å². The second-order valence-corrected chi connectivity index (χ2v) is 6.53. The van der Waals surface area contributed by atoms with E-state index < -0.39 is 0 Å². The minimum Gasteiger partial charge on any atom is -0.346 e. The Bertz CT molecular complexity index is 557. The zero-order valence-corrected chi connectivity index (χ0v) is 13.5. The standard InChI is InChI=1S/C15H18Cl2N2O2/c1-18-14(20)10-21-15(18)4-6-19(7-5-15)9-11-2-3-12(16)13(17)8-11/h2-3,8H,4-7,9-10H2,1H3. The number of likely N-dealkylation sites (tertiary alicyclic amines) is 1. The average Bonchev–Trinajstić information content (AvgIpc) is 2.75. The summed E-state index contributed by atoms with van der Waals surface area (Å²) in [6.07, 6.45) is 1.69. The maximum atomic E-state index is 11.6. The lowest BCUT2D eigenvalue weighted by Gasteiger charge is -2.42. The van der Waals surface area contributed by atoms with Gasteiger partial charge in [-0.25, -0.2) is 0 Å². The summed E-state index contributed by atoms with van der Waals surface area (Å²) in [6.45, 7) is 2.85. The Balaban J connectivity index is 1.61. The smallest absolute Gasteiger partial charge is 0.250 e. The molecule has 4 nitrogen and oxygen atoms in total. The first kappa shape index (κ1) is 15.1. The molecule has 1 amide bonds. The first-order chi connectivity index (χ1) is 10.00. The predicted molar refractivity (Wildman–Crippen MR) is 82.4 cm³/mol. The van der Waals surface area contributed by atoms with E-state index in [4.69, 9.17) is 27.9 Å². The summed E-state index contributed by atoms with van der Waals surface area (Å²) < 4.78 is 5.75. The van der Waals surface area contributed by atoms with Crippen LogP contribution in [0.1, 0.15) is 18.4 Å². The third-order valence-electron chi connectivity index (χ3n) is 4.48. The van der Waals surface area contributed by atoms with Gasteiger partial charge in [0.05, 0.1) is 10.0 Å². The molecular weight excluding hydrogens is 311 g/mol. The van der Waals surface area contributed by atoms with Crippen LogP contribution >= 0.6 is 23.2 Å². The Labute approximate surface area is 134 Å². The van der Waals surface area contributed by atoms with Gasteiger partial charge in [-0.1, -0.05) is 29.3 Å². The highest BCUT2D eigenvalue weighted by molar-refractivity contribution is 6.42. The number of rotatable bonds is 2. The molecule has 0 bridgehead atoms. The fraction of sp³-hybridized carbons (Fsp3) is 0.533. The number of piperidine rings is 1. The number of carbonyl (C=O) groups excluding carboxylic acids is 1. The number of hydrogen-bond donors (Lipinski definition) is 0. The number of nitrogens with zero attached hydrogens (tertiary/aromatic N) is 2. The number of benzene rings is 1. The highest BCUT2D eigenvalue weighted by atomic mass is 35.5. The molecule has 2 saturated heterocycles. The molecule has 21 heavy (non-hydrogen) atoms. The maximum absolute atomic E-state index is 11.6. The van der Waals surface area contributed by atoms with Gasteiger partial charge < -0.3 is 9.64 Å². The molecule has 0 aromatic heterocycles. The number of hydrogen-bond acceptors (Lipinski definition) is 3. The molecule has 114 valence electrons. The van der Waals surface area contributed by atoms with Crippen LogP contribution in [-0.4, -0.2) is 48.2 Å². The van der Waals surface area contributed by atoms with Crippen LogP contribution in [0.25, 0.3) is 0 Å². The minimum absolute atomic E-state index is 0.0768. The third kappa shape index (κ3) is 2.90. The Morgan fingerprint density at radius 1 is 1.24 bits per heavy atom. The van der Waals surface area contributed by atoms with Crippen molar-refractivity contribution in [3.05, 3.63) is 33.8 Å². The molecule has 0 unspecified atom stereocenters. The van der Waals surface area contributed by atoms with Crippen molar-refractivity contribution in [3.8, 4) is 0 Å². The summed E-state index contributed by atoms with van der Waals surface area (Å²) in [5, 5.41) is 1.17. The normalized spacial score (nSPS) is 22.2. The van der Waals surface area contributed by atoms with Crippen molar-refractivity contribution in [1.29, 1.82) is 0 Å². The molecule has 3 rings (SSSR count). The highest BCUT2D eigenvalue weighted by Gasteiger charge is 2.46. The van der Waals surface area contributed by atoms with Gasteiger partial charge in [0.25, 0.3) is 5.91 Å². The number of halogens is 2. The number of carbonyl (C=O) groups is 1. The third-order valence-corrected chi connectivity index (χ3v) is 5.22. The van der Waals surface area contributed by atoms with Crippen LogP contribution in [-0.2, 0) is 16.1 Å². The number of likely N-dealkylation sites (N-methyl/N-ethyl adjacent to an activating group) is 1. The van der Waals surface area contributed by atoms with E-state index in [0.717, 1.165) is 38.0 Å². The van der Waals surface area contributed by atoms with Crippen LogP contribution in [0.15, 0.2) is 18.2 Å². The van der Waals surface area contributed by atoms with Gasteiger partial charge in [0, 0.05) is 39.5 Å². The molecule has 1 aromatic rings. The largest absolute Gasteiger partial charge is 0.346 e. The van der Waals surface area contributed by atoms with E-state index in [0.29, 0.717) is 10.0 Å². The second kappa shape index (κ2) is 5.76. The van der Waals surface area contributed by atoms with Crippen LogP contribution in [0.2, 0.25) is 10.0 Å². The summed E-state index contributed by atoms with van der Waals surface area (Å²) in [5.41, 5.74) is 0.766. The van der Waals surface area contributed by atoms with Gasteiger partial charge in [0.1, 0.15) is 12.3 Å².